The van der Waals surface area contributed by atoms with Gasteiger partial charge >= 0.3 is 0 Å². The predicted molar refractivity (Wildman–Crippen MR) is 97.3 cm³/mol. The van der Waals surface area contributed by atoms with Crippen LogP contribution in [0, 0.1) is 11.6 Å². The number of benzene rings is 2. The van der Waals surface area contributed by atoms with Crippen molar-refractivity contribution in [2.75, 3.05) is 13.7 Å². The number of carbonyl (C=O) groups is 1. The number of nitrogens with zero attached hydrogens (tertiary/aromatic N) is 5. The van der Waals surface area contributed by atoms with Gasteiger partial charge in [-0.25, -0.2) is 8.78 Å². The molecule has 0 aliphatic heterocycles. The first-order valence-electron chi connectivity index (χ1n) is 8.64. The molecule has 1 amide bonds. The number of tetrazole rings is 1. The van der Waals surface area contributed by atoms with Gasteiger partial charge in [-0.1, -0.05) is 6.07 Å². The molecule has 2 aromatic carbocycles. The molecule has 7 nitrogen and oxygen atoms in total. The summed E-state index contributed by atoms with van der Waals surface area (Å²) in [5.41, 5.74) is 1.24. The average Bonchev–Trinajstić information content (AvgIpc) is 3.15. The SMILES string of the molecule is CCN(Cc1ccc(OC)c(F)c1)C(=O)Cn1nnc(-c2ccc(F)cc2)n1. The zero-order chi connectivity index (χ0) is 20.1. The van der Waals surface area contributed by atoms with E-state index in [2.05, 4.69) is 15.4 Å². The lowest BCUT2D eigenvalue weighted by Crippen LogP contribution is -2.33. The molecule has 28 heavy (non-hydrogen) atoms. The van der Waals surface area contributed by atoms with Gasteiger partial charge in [0.2, 0.25) is 11.7 Å². The van der Waals surface area contributed by atoms with Gasteiger partial charge in [0.25, 0.3) is 0 Å². The number of likely N-dealkylation sites (N-methyl/N-ethyl adjacent to an activating group) is 1. The first-order valence-corrected chi connectivity index (χ1v) is 8.64. The minimum absolute atomic E-state index is 0.110. The number of halogens is 2. The molecule has 9 heteroatoms. The van der Waals surface area contributed by atoms with Gasteiger partial charge in [-0.05, 0) is 54.1 Å². The van der Waals surface area contributed by atoms with Crippen molar-refractivity contribution in [1.29, 1.82) is 0 Å². The molecular formula is C19H19F2N5O2. The smallest absolute Gasteiger partial charge is 0.246 e. The zero-order valence-electron chi connectivity index (χ0n) is 15.5. The zero-order valence-corrected chi connectivity index (χ0v) is 15.5. The Morgan fingerprint density at radius 2 is 1.93 bits per heavy atom. The Bertz CT molecular complexity index is 959. The summed E-state index contributed by atoms with van der Waals surface area (Å²) in [7, 11) is 1.39. The van der Waals surface area contributed by atoms with Crippen molar-refractivity contribution in [3.63, 3.8) is 0 Å². The fourth-order valence-electron chi connectivity index (χ4n) is 2.65. The Kier molecular flexibility index (Phi) is 5.93. The highest BCUT2D eigenvalue weighted by Gasteiger charge is 2.16. The molecule has 3 rings (SSSR count). The molecule has 0 fully saturated rings. The Balaban J connectivity index is 1.67. The molecule has 0 radical (unpaired) electrons. The van der Waals surface area contributed by atoms with Crippen LogP contribution in [-0.2, 0) is 17.9 Å². The Labute approximate surface area is 160 Å². The average molecular weight is 387 g/mol. The number of amides is 1. The standard InChI is InChI=1S/C19H19F2N5O2/c1-3-25(11-13-4-9-17(28-2)16(21)10-13)18(27)12-26-23-19(22-24-26)14-5-7-15(20)8-6-14/h4-10H,3,11-12H2,1-2H3. The van der Waals surface area contributed by atoms with Gasteiger partial charge < -0.3 is 9.64 Å². The van der Waals surface area contributed by atoms with Crippen molar-refractivity contribution in [3.05, 3.63) is 59.7 Å². The number of carbonyl (C=O) groups excluding carboxylic acids is 1. The van der Waals surface area contributed by atoms with E-state index in [1.165, 1.54) is 48.3 Å². The predicted octanol–water partition coefficient (Wildman–Crippen LogP) is 2.68. The fourth-order valence-corrected chi connectivity index (χ4v) is 2.65. The quantitative estimate of drug-likeness (QED) is 0.623. The van der Waals surface area contributed by atoms with E-state index in [0.717, 1.165) is 0 Å². The second-order valence-corrected chi connectivity index (χ2v) is 6.03. The highest BCUT2D eigenvalue weighted by Crippen LogP contribution is 2.19. The van der Waals surface area contributed by atoms with Crippen LogP contribution in [0.3, 0.4) is 0 Å². The van der Waals surface area contributed by atoms with Gasteiger partial charge in [0, 0.05) is 18.7 Å². The summed E-state index contributed by atoms with van der Waals surface area (Å²) in [6.07, 6.45) is 0. The van der Waals surface area contributed by atoms with Crippen molar-refractivity contribution in [3.8, 4) is 17.1 Å². The maximum atomic E-state index is 13.9. The van der Waals surface area contributed by atoms with E-state index in [0.29, 0.717) is 23.5 Å². The third kappa shape index (κ3) is 4.48. The molecule has 0 N–H and O–H groups in total. The number of aromatic nitrogens is 4. The van der Waals surface area contributed by atoms with Crippen molar-refractivity contribution >= 4 is 5.91 Å². The second kappa shape index (κ2) is 8.55. The van der Waals surface area contributed by atoms with Crippen molar-refractivity contribution in [2.24, 2.45) is 0 Å². The number of hydrogen-bond donors (Lipinski definition) is 0. The van der Waals surface area contributed by atoms with Gasteiger partial charge in [-0.3, -0.25) is 4.79 Å². The molecular weight excluding hydrogens is 368 g/mol. The number of ether oxygens (including phenoxy) is 1. The highest BCUT2D eigenvalue weighted by atomic mass is 19.1. The van der Waals surface area contributed by atoms with E-state index in [1.807, 2.05) is 6.92 Å². The number of rotatable bonds is 7. The third-order valence-electron chi connectivity index (χ3n) is 4.16. The van der Waals surface area contributed by atoms with Crippen LogP contribution in [0.25, 0.3) is 11.4 Å². The molecule has 0 saturated heterocycles. The van der Waals surface area contributed by atoms with E-state index >= 15 is 0 Å². The second-order valence-electron chi connectivity index (χ2n) is 6.03. The van der Waals surface area contributed by atoms with Crippen LogP contribution in [0.5, 0.6) is 5.75 Å². The topological polar surface area (TPSA) is 73.1 Å². The summed E-state index contributed by atoms with van der Waals surface area (Å²) in [5, 5.41) is 11.9. The molecule has 0 saturated carbocycles. The Morgan fingerprint density at radius 1 is 1.18 bits per heavy atom. The van der Waals surface area contributed by atoms with Gasteiger partial charge in [0.1, 0.15) is 12.4 Å². The van der Waals surface area contributed by atoms with Crippen molar-refractivity contribution < 1.29 is 18.3 Å². The van der Waals surface area contributed by atoms with Crippen molar-refractivity contribution in [1.82, 2.24) is 25.1 Å². The van der Waals surface area contributed by atoms with Gasteiger partial charge in [0.05, 0.1) is 7.11 Å². The van der Waals surface area contributed by atoms with E-state index < -0.39 is 5.82 Å². The Hall–Kier alpha value is -3.36. The third-order valence-corrected chi connectivity index (χ3v) is 4.16. The van der Waals surface area contributed by atoms with Crippen LogP contribution in [0.15, 0.2) is 42.5 Å². The van der Waals surface area contributed by atoms with E-state index in [1.54, 1.807) is 11.0 Å². The van der Waals surface area contributed by atoms with E-state index in [4.69, 9.17) is 4.74 Å². The molecule has 146 valence electrons. The fraction of sp³-hybridized carbons (Fsp3) is 0.263. The minimum Gasteiger partial charge on any atom is -0.494 e. The molecule has 0 unspecified atom stereocenters. The molecule has 0 atom stereocenters. The summed E-state index contributed by atoms with van der Waals surface area (Å²) in [5.74, 6) is -0.627. The molecule has 0 spiro atoms. The van der Waals surface area contributed by atoms with Gasteiger partial charge in [0.15, 0.2) is 11.6 Å². The van der Waals surface area contributed by atoms with E-state index in [-0.39, 0.29) is 30.6 Å². The number of hydrogen-bond acceptors (Lipinski definition) is 5. The van der Waals surface area contributed by atoms with Crippen LogP contribution >= 0.6 is 0 Å². The Morgan fingerprint density at radius 3 is 2.57 bits per heavy atom. The summed E-state index contributed by atoms with van der Waals surface area (Å²) < 4.78 is 31.8. The maximum Gasteiger partial charge on any atom is 0.246 e. The molecule has 0 aliphatic rings. The molecule has 0 bridgehead atoms. The monoisotopic (exact) mass is 387 g/mol. The van der Waals surface area contributed by atoms with Crippen LogP contribution in [0.4, 0.5) is 8.78 Å². The first kappa shape index (κ1) is 19.4. The summed E-state index contributed by atoms with van der Waals surface area (Å²) in [4.78, 5) is 15.3. The lowest BCUT2D eigenvalue weighted by atomic mass is 10.2. The summed E-state index contributed by atoms with van der Waals surface area (Å²) in [6.45, 7) is 2.40. The van der Waals surface area contributed by atoms with E-state index in [9.17, 15) is 13.6 Å². The highest BCUT2D eigenvalue weighted by molar-refractivity contribution is 5.75. The minimum atomic E-state index is -0.481. The van der Waals surface area contributed by atoms with Crippen LogP contribution < -0.4 is 4.74 Å². The molecule has 0 aliphatic carbocycles. The lowest BCUT2D eigenvalue weighted by molar-refractivity contribution is -0.132. The van der Waals surface area contributed by atoms with Crippen LogP contribution in [0.2, 0.25) is 0 Å². The lowest BCUT2D eigenvalue weighted by Gasteiger charge is -2.20. The molecule has 3 aromatic rings. The largest absolute Gasteiger partial charge is 0.494 e. The van der Waals surface area contributed by atoms with Gasteiger partial charge in [-0.15, -0.1) is 10.2 Å². The summed E-state index contributed by atoms with van der Waals surface area (Å²) in [6, 6.07) is 10.2. The van der Waals surface area contributed by atoms with Crippen LogP contribution in [0.1, 0.15) is 12.5 Å². The van der Waals surface area contributed by atoms with Gasteiger partial charge in [-0.2, -0.15) is 4.80 Å². The van der Waals surface area contributed by atoms with Crippen LogP contribution in [-0.4, -0.2) is 44.7 Å². The molecule has 1 heterocycles. The first-order chi connectivity index (χ1) is 13.5. The molecule has 1 aromatic heterocycles. The normalized spacial score (nSPS) is 10.7. The number of methoxy groups -OCH3 is 1. The maximum absolute atomic E-state index is 13.9. The summed E-state index contributed by atoms with van der Waals surface area (Å²) >= 11 is 0. The van der Waals surface area contributed by atoms with Crippen molar-refractivity contribution in [2.45, 2.75) is 20.0 Å².